The first-order valence-corrected chi connectivity index (χ1v) is 13.2. The van der Waals surface area contributed by atoms with E-state index in [0.717, 1.165) is 19.3 Å². The van der Waals surface area contributed by atoms with Crippen molar-refractivity contribution in [2.45, 2.75) is 61.2 Å². The maximum Gasteiger partial charge on any atom is 0.310 e. The maximum absolute atomic E-state index is 14.2. The molecule has 1 aromatic carbocycles. The normalized spacial score (nSPS) is 31.9. The summed E-state index contributed by atoms with van der Waals surface area (Å²) >= 11 is 3.56. The van der Waals surface area contributed by atoms with Crippen molar-refractivity contribution in [1.29, 1.82) is 0 Å². The molecule has 3 unspecified atom stereocenters. The van der Waals surface area contributed by atoms with Gasteiger partial charge in [-0.25, -0.2) is 0 Å². The third-order valence-corrected chi connectivity index (χ3v) is 8.48. The Morgan fingerprint density at radius 1 is 1.34 bits per heavy atom. The molecule has 4 rings (SSSR count). The lowest BCUT2D eigenvalue weighted by Gasteiger charge is -2.39. The SMILES string of the molecule is C=CCN(CCCCC)C(=O)C1N([C@H](CO)c2ccccc2)C(=O)[C@@H]2[C@H](C(=O)O)[C@H]3OC12CC3Br. The van der Waals surface area contributed by atoms with Crippen LogP contribution < -0.4 is 0 Å². The van der Waals surface area contributed by atoms with E-state index in [2.05, 4.69) is 29.4 Å². The van der Waals surface area contributed by atoms with Gasteiger partial charge in [0.25, 0.3) is 0 Å². The van der Waals surface area contributed by atoms with Gasteiger partial charge in [-0.15, -0.1) is 6.58 Å². The second kappa shape index (κ2) is 10.4. The molecule has 1 aromatic rings. The number of amides is 2. The summed E-state index contributed by atoms with van der Waals surface area (Å²) in [6.45, 7) is 6.28. The zero-order valence-corrected chi connectivity index (χ0v) is 21.5. The molecule has 3 aliphatic rings. The molecule has 1 spiro atoms. The number of fused-ring (bicyclic) bond motifs is 1. The Morgan fingerprint density at radius 2 is 2.06 bits per heavy atom. The molecule has 35 heavy (non-hydrogen) atoms. The number of halogens is 1. The number of nitrogens with zero attached hydrogens (tertiary/aromatic N) is 2. The highest BCUT2D eigenvalue weighted by Crippen LogP contribution is 2.61. The van der Waals surface area contributed by atoms with E-state index in [1.807, 2.05) is 6.07 Å². The number of hydrogen-bond donors (Lipinski definition) is 2. The van der Waals surface area contributed by atoms with Crippen LogP contribution >= 0.6 is 15.9 Å². The second-order valence-electron chi connectivity index (χ2n) is 9.64. The molecule has 7 atom stereocenters. The number of benzene rings is 1. The summed E-state index contributed by atoms with van der Waals surface area (Å²) in [7, 11) is 0. The van der Waals surface area contributed by atoms with Gasteiger partial charge in [0, 0.05) is 17.9 Å². The van der Waals surface area contributed by atoms with Crippen molar-refractivity contribution in [1.82, 2.24) is 9.80 Å². The smallest absolute Gasteiger partial charge is 0.310 e. The minimum Gasteiger partial charge on any atom is -0.481 e. The summed E-state index contributed by atoms with van der Waals surface area (Å²) in [5, 5.41) is 20.5. The number of aliphatic hydroxyl groups is 1. The van der Waals surface area contributed by atoms with Gasteiger partial charge in [0.05, 0.1) is 30.6 Å². The Balaban J connectivity index is 1.81. The summed E-state index contributed by atoms with van der Waals surface area (Å²) in [4.78, 5) is 43.3. The maximum atomic E-state index is 14.2. The Bertz CT molecular complexity index is 974. The predicted octanol–water partition coefficient (Wildman–Crippen LogP) is 2.76. The van der Waals surface area contributed by atoms with E-state index in [9.17, 15) is 24.6 Å². The molecule has 2 amide bonds. The highest BCUT2D eigenvalue weighted by atomic mass is 79.9. The van der Waals surface area contributed by atoms with Gasteiger partial charge in [-0.1, -0.05) is 72.1 Å². The zero-order valence-electron chi connectivity index (χ0n) is 19.9. The number of carboxylic acids is 1. The van der Waals surface area contributed by atoms with Crippen molar-refractivity contribution in [3.8, 4) is 0 Å². The molecule has 3 fully saturated rings. The van der Waals surface area contributed by atoms with Gasteiger partial charge in [0.1, 0.15) is 11.6 Å². The van der Waals surface area contributed by atoms with Crippen LogP contribution in [0.1, 0.15) is 44.2 Å². The zero-order chi connectivity index (χ0) is 25.3. The molecule has 0 aliphatic carbocycles. The fourth-order valence-electron chi connectivity index (χ4n) is 6.17. The van der Waals surface area contributed by atoms with Crippen LogP contribution in [0.25, 0.3) is 0 Å². The molecule has 0 radical (unpaired) electrons. The van der Waals surface area contributed by atoms with Crippen molar-refractivity contribution in [3.63, 3.8) is 0 Å². The van der Waals surface area contributed by atoms with Crippen LogP contribution in [0.5, 0.6) is 0 Å². The van der Waals surface area contributed by atoms with Crippen molar-refractivity contribution < 1.29 is 29.3 Å². The average molecular weight is 549 g/mol. The lowest BCUT2D eigenvalue weighted by atomic mass is 9.70. The number of carbonyl (C=O) groups is 3. The van der Waals surface area contributed by atoms with Gasteiger partial charge in [-0.3, -0.25) is 14.4 Å². The Hall–Kier alpha value is -2.23. The summed E-state index contributed by atoms with van der Waals surface area (Å²) < 4.78 is 6.34. The molecule has 8 nitrogen and oxygen atoms in total. The number of ether oxygens (including phenoxy) is 1. The number of carbonyl (C=O) groups excluding carboxylic acids is 2. The second-order valence-corrected chi connectivity index (χ2v) is 10.8. The summed E-state index contributed by atoms with van der Waals surface area (Å²) in [5.41, 5.74) is -0.599. The van der Waals surface area contributed by atoms with Crippen LogP contribution in [0.3, 0.4) is 0 Å². The molecule has 2 N–H and O–H groups in total. The topological polar surface area (TPSA) is 107 Å². The Kier molecular flexibility index (Phi) is 7.68. The van der Waals surface area contributed by atoms with E-state index in [1.165, 1.54) is 4.90 Å². The Morgan fingerprint density at radius 3 is 2.66 bits per heavy atom. The summed E-state index contributed by atoms with van der Waals surface area (Å²) in [6.07, 6.45) is 4.05. The first-order valence-electron chi connectivity index (χ1n) is 12.2. The lowest BCUT2D eigenvalue weighted by molar-refractivity contribution is -0.153. The van der Waals surface area contributed by atoms with Gasteiger partial charge >= 0.3 is 5.97 Å². The molecule has 0 saturated carbocycles. The molecule has 9 heteroatoms. The number of likely N-dealkylation sites (tertiary alicyclic amines) is 1. The van der Waals surface area contributed by atoms with E-state index >= 15 is 0 Å². The molecule has 3 saturated heterocycles. The first kappa shape index (κ1) is 25.9. The molecule has 3 heterocycles. The van der Waals surface area contributed by atoms with E-state index in [-0.39, 0.29) is 10.7 Å². The van der Waals surface area contributed by atoms with E-state index in [0.29, 0.717) is 25.1 Å². The number of aliphatic carboxylic acids is 1. The molecule has 2 bridgehead atoms. The number of hydrogen-bond acceptors (Lipinski definition) is 5. The van der Waals surface area contributed by atoms with Crippen LogP contribution in [0, 0.1) is 11.8 Å². The van der Waals surface area contributed by atoms with Gasteiger partial charge in [-0.2, -0.15) is 0 Å². The molecule has 190 valence electrons. The minimum atomic E-state index is -1.28. The van der Waals surface area contributed by atoms with Crippen LogP contribution in [0.2, 0.25) is 0 Å². The fraction of sp³-hybridized carbons (Fsp3) is 0.577. The Labute approximate surface area is 214 Å². The van der Waals surface area contributed by atoms with Gasteiger partial charge in [0.15, 0.2) is 0 Å². The fourth-order valence-corrected chi connectivity index (χ4v) is 7.11. The number of carboxylic acid groups (broad SMARTS) is 1. The quantitative estimate of drug-likeness (QED) is 0.250. The third kappa shape index (κ3) is 4.21. The third-order valence-electron chi connectivity index (χ3n) is 7.63. The number of unbranched alkanes of at least 4 members (excludes halogenated alkanes) is 2. The molecular formula is C26H33BrN2O6. The average Bonchev–Trinajstić information content (AvgIpc) is 3.43. The van der Waals surface area contributed by atoms with E-state index in [4.69, 9.17) is 4.74 Å². The van der Waals surface area contributed by atoms with E-state index in [1.54, 1.807) is 35.2 Å². The molecule has 3 aliphatic heterocycles. The monoisotopic (exact) mass is 548 g/mol. The molecular weight excluding hydrogens is 516 g/mol. The van der Waals surface area contributed by atoms with Crippen LogP contribution in [-0.4, -0.2) is 80.1 Å². The highest BCUT2D eigenvalue weighted by molar-refractivity contribution is 9.09. The van der Waals surface area contributed by atoms with E-state index < -0.39 is 54.1 Å². The highest BCUT2D eigenvalue weighted by Gasteiger charge is 2.77. The van der Waals surface area contributed by atoms with Gasteiger partial charge < -0.3 is 24.7 Å². The largest absolute Gasteiger partial charge is 0.481 e. The predicted molar refractivity (Wildman–Crippen MR) is 133 cm³/mol. The first-order chi connectivity index (χ1) is 16.8. The summed E-state index contributed by atoms with van der Waals surface area (Å²) in [5.74, 6) is -3.92. The number of rotatable bonds is 11. The van der Waals surface area contributed by atoms with Gasteiger partial charge in [-0.05, 0) is 18.4 Å². The van der Waals surface area contributed by atoms with Crippen molar-refractivity contribution in [2.24, 2.45) is 11.8 Å². The van der Waals surface area contributed by atoms with Crippen LogP contribution in [-0.2, 0) is 19.1 Å². The summed E-state index contributed by atoms with van der Waals surface area (Å²) in [6, 6.07) is 7.19. The van der Waals surface area contributed by atoms with Crippen LogP contribution in [0.4, 0.5) is 0 Å². The van der Waals surface area contributed by atoms with Crippen LogP contribution in [0.15, 0.2) is 43.0 Å². The number of alkyl halides is 1. The lowest BCUT2D eigenvalue weighted by Crippen LogP contribution is -2.57. The van der Waals surface area contributed by atoms with Crippen molar-refractivity contribution in [3.05, 3.63) is 48.6 Å². The van der Waals surface area contributed by atoms with Crippen molar-refractivity contribution in [2.75, 3.05) is 19.7 Å². The van der Waals surface area contributed by atoms with Gasteiger partial charge in [0.2, 0.25) is 11.8 Å². The minimum absolute atomic E-state index is 0.292. The molecule has 0 aromatic heterocycles. The number of aliphatic hydroxyl groups excluding tert-OH is 1. The van der Waals surface area contributed by atoms with Crippen molar-refractivity contribution >= 4 is 33.7 Å². The standard InChI is InChI=1S/C26H33BrN2O6/c1-3-5-9-13-28(12-4-2)24(32)22-26-14-17(27)21(35-26)19(25(33)34)20(26)23(31)29(22)18(15-30)16-10-7-6-8-11-16/h4,6-8,10-11,17-22,30H,2-3,5,9,12-15H2,1H3,(H,33,34)/t17?,18-,19+,20+,21+,22?,26?/m1/s1.